The molecule has 6 heteroatoms. The molecular weight excluding hydrogens is 282 g/mol. The summed E-state index contributed by atoms with van der Waals surface area (Å²) in [7, 11) is 0. The van der Waals surface area contributed by atoms with Gasteiger partial charge in [-0.3, -0.25) is 4.79 Å². The van der Waals surface area contributed by atoms with E-state index >= 15 is 0 Å². The maximum absolute atomic E-state index is 12.1. The number of carbonyl (C=O) groups excluding carboxylic acids is 2. The largest absolute Gasteiger partial charge is 0.444 e. The van der Waals surface area contributed by atoms with Gasteiger partial charge in [-0.05, 0) is 47.5 Å². The number of nitrogens with one attached hydrogen (secondary N) is 1. The fourth-order valence-corrected chi connectivity index (χ4v) is 2.56. The minimum atomic E-state index is -0.476. The summed E-state index contributed by atoms with van der Waals surface area (Å²) in [6.45, 7) is 12.7. The normalized spacial score (nSPS) is 19.0. The van der Waals surface area contributed by atoms with Gasteiger partial charge >= 0.3 is 6.09 Å². The first-order valence-electron chi connectivity index (χ1n) is 8.26. The van der Waals surface area contributed by atoms with Gasteiger partial charge in [0.1, 0.15) is 5.60 Å². The molecule has 0 spiro atoms. The summed E-state index contributed by atoms with van der Waals surface area (Å²) in [4.78, 5) is 27.6. The smallest absolute Gasteiger partial charge is 0.410 e. The zero-order valence-corrected chi connectivity index (χ0v) is 14.6. The highest BCUT2D eigenvalue weighted by Gasteiger charge is 2.27. The number of ether oxygens (including phenoxy) is 1. The molecule has 0 aromatic rings. The molecule has 1 N–H and O–H groups in total. The van der Waals surface area contributed by atoms with Crippen LogP contribution in [0.15, 0.2) is 0 Å². The summed E-state index contributed by atoms with van der Waals surface area (Å²) < 4.78 is 5.41. The van der Waals surface area contributed by atoms with Crippen LogP contribution in [-0.4, -0.2) is 66.2 Å². The molecule has 1 fully saturated rings. The molecule has 1 saturated heterocycles. The van der Waals surface area contributed by atoms with Gasteiger partial charge in [0.05, 0.1) is 6.54 Å². The summed E-state index contributed by atoms with van der Waals surface area (Å²) in [6.07, 6.45) is 1.63. The summed E-state index contributed by atoms with van der Waals surface area (Å²) in [5.74, 6) is 0.111. The quantitative estimate of drug-likeness (QED) is 0.841. The van der Waals surface area contributed by atoms with E-state index in [1.807, 2.05) is 39.5 Å². The molecule has 0 aromatic carbocycles. The molecule has 6 nitrogen and oxygen atoms in total. The molecule has 2 amide bonds. The van der Waals surface area contributed by atoms with E-state index in [1.54, 1.807) is 4.90 Å². The first-order valence-corrected chi connectivity index (χ1v) is 8.26. The van der Waals surface area contributed by atoms with E-state index in [0.717, 1.165) is 32.5 Å². The predicted molar refractivity (Wildman–Crippen MR) is 86.8 cm³/mol. The van der Waals surface area contributed by atoms with Crippen molar-refractivity contribution in [3.63, 3.8) is 0 Å². The number of likely N-dealkylation sites (N-methyl/N-ethyl adjacent to an activating group) is 1. The zero-order chi connectivity index (χ0) is 16.8. The van der Waals surface area contributed by atoms with Crippen molar-refractivity contribution in [2.24, 2.45) is 0 Å². The third kappa shape index (κ3) is 6.22. The number of piperidine rings is 1. The number of carbonyl (C=O) groups is 2. The van der Waals surface area contributed by atoms with Gasteiger partial charge in [-0.2, -0.15) is 0 Å². The second-order valence-corrected chi connectivity index (χ2v) is 6.71. The highest BCUT2D eigenvalue weighted by atomic mass is 16.6. The third-order valence-corrected chi connectivity index (χ3v) is 3.73. The fraction of sp³-hybridized carbons (Fsp3) is 0.875. The van der Waals surface area contributed by atoms with Gasteiger partial charge in [-0.15, -0.1) is 0 Å². The standard InChI is InChI=1S/C16H31N3O3/c1-6-18(7-2)14(20)11-17-13-9-8-10-19(12-13)15(21)22-16(3,4)5/h13,17H,6-12H2,1-5H3. The Kier molecular flexibility index (Phi) is 7.13. The van der Waals surface area contributed by atoms with Crippen molar-refractivity contribution in [2.75, 3.05) is 32.7 Å². The Balaban J connectivity index is 2.43. The Morgan fingerprint density at radius 1 is 1.27 bits per heavy atom. The summed E-state index contributed by atoms with van der Waals surface area (Å²) in [6, 6.07) is 0.154. The second kappa shape index (κ2) is 8.36. The average molecular weight is 313 g/mol. The Labute approximate surface area is 134 Å². The van der Waals surface area contributed by atoms with Crippen molar-refractivity contribution >= 4 is 12.0 Å². The van der Waals surface area contributed by atoms with Crippen LogP contribution in [0.25, 0.3) is 0 Å². The van der Waals surface area contributed by atoms with Crippen molar-refractivity contribution in [1.29, 1.82) is 0 Å². The Bertz CT molecular complexity index is 375. The monoisotopic (exact) mass is 313 g/mol. The predicted octanol–water partition coefficient (Wildman–Crippen LogP) is 1.84. The van der Waals surface area contributed by atoms with Gasteiger partial charge in [0, 0.05) is 32.2 Å². The van der Waals surface area contributed by atoms with E-state index in [4.69, 9.17) is 4.74 Å². The van der Waals surface area contributed by atoms with Crippen LogP contribution in [0.1, 0.15) is 47.5 Å². The van der Waals surface area contributed by atoms with E-state index in [0.29, 0.717) is 13.1 Å². The van der Waals surface area contributed by atoms with Gasteiger partial charge in [0.2, 0.25) is 5.91 Å². The van der Waals surface area contributed by atoms with Crippen LogP contribution in [0.2, 0.25) is 0 Å². The van der Waals surface area contributed by atoms with Crippen molar-refractivity contribution in [2.45, 2.75) is 59.1 Å². The SMILES string of the molecule is CCN(CC)C(=O)CNC1CCCN(C(=O)OC(C)(C)C)C1. The van der Waals surface area contributed by atoms with Gasteiger partial charge < -0.3 is 19.9 Å². The van der Waals surface area contributed by atoms with Crippen LogP contribution < -0.4 is 5.32 Å². The number of nitrogens with zero attached hydrogens (tertiary/aromatic N) is 2. The maximum atomic E-state index is 12.1. The van der Waals surface area contributed by atoms with Crippen molar-refractivity contribution in [1.82, 2.24) is 15.1 Å². The molecule has 1 rings (SSSR count). The second-order valence-electron chi connectivity index (χ2n) is 6.71. The zero-order valence-electron chi connectivity index (χ0n) is 14.6. The molecule has 0 aliphatic carbocycles. The van der Waals surface area contributed by atoms with Crippen LogP contribution in [0.3, 0.4) is 0 Å². The number of amides is 2. The highest BCUT2D eigenvalue weighted by Crippen LogP contribution is 2.15. The first-order chi connectivity index (χ1) is 10.3. The van der Waals surface area contributed by atoms with Crippen molar-refractivity contribution in [3.05, 3.63) is 0 Å². The third-order valence-electron chi connectivity index (χ3n) is 3.73. The minimum Gasteiger partial charge on any atom is -0.444 e. The van der Waals surface area contributed by atoms with Gasteiger partial charge in [0.25, 0.3) is 0 Å². The van der Waals surface area contributed by atoms with Crippen LogP contribution in [0.5, 0.6) is 0 Å². The Morgan fingerprint density at radius 2 is 1.91 bits per heavy atom. The van der Waals surface area contributed by atoms with Crippen LogP contribution in [-0.2, 0) is 9.53 Å². The first kappa shape index (κ1) is 18.7. The Hall–Kier alpha value is -1.30. The number of rotatable bonds is 5. The molecule has 0 bridgehead atoms. The summed E-state index contributed by atoms with van der Waals surface area (Å²) >= 11 is 0. The average Bonchev–Trinajstić information content (AvgIpc) is 2.45. The number of likely N-dealkylation sites (tertiary alicyclic amines) is 1. The van der Waals surface area contributed by atoms with E-state index in [9.17, 15) is 9.59 Å². The molecular formula is C16H31N3O3. The lowest BCUT2D eigenvalue weighted by atomic mass is 10.1. The Morgan fingerprint density at radius 3 is 2.45 bits per heavy atom. The lowest BCUT2D eigenvalue weighted by Crippen LogP contribution is -2.51. The van der Waals surface area contributed by atoms with E-state index in [1.165, 1.54) is 0 Å². The fourth-order valence-electron chi connectivity index (χ4n) is 2.56. The van der Waals surface area contributed by atoms with Crippen LogP contribution in [0, 0.1) is 0 Å². The van der Waals surface area contributed by atoms with Crippen LogP contribution >= 0.6 is 0 Å². The minimum absolute atomic E-state index is 0.111. The molecule has 0 aromatic heterocycles. The van der Waals surface area contributed by atoms with Gasteiger partial charge in [-0.1, -0.05) is 0 Å². The maximum Gasteiger partial charge on any atom is 0.410 e. The summed E-state index contributed by atoms with van der Waals surface area (Å²) in [5, 5.41) is 3.28. The molecule has 1 aliphatic heterocycles. The van der Waals surface area contributed by atoms with E-state index in [2.05, 4.69) is 5.32 Å². The van der Waals surface area contributed by atoms with Gasteiger partial charge in [-0.25, -0.2) is 4.79 Å². The van der Waals surface area contributed by atoms with Crippen molar-refractivity contribution in [3.8, 4) is 0 Å². The van der Waals surface area contributed by atoms with Gasteiger partial charge in [0.15, 0.2) is 0 Å². The molecule has 128 valence electrons. The van der Waals surface area contributed by atoms with Crippen LogP contribution in [0.4, 0.5) is 4.79 Å². The molecule has 22 heavy (non-hydrogen) atoms. The van der Waals surface area contributed by atoms with E-state index in [-0.39, 0.29) is 18.0 Å². The number of hydrogen-bond acceptors (Lipinski definition) is 4. The lowest BCUT2D eigenvalue weighted by Gasteiger charge is -2.34. The summed E-state index contributed by atoms with van der Waals surface area (Å²) in [5.41, 5.74) is -0.476. The van der Waals surface area contributed by atoms with E-state index < -0.39 is 5.60 Å². The molecule has 1 unspecified atom stereocenters. The highest BCUT2D eigenvalue weighted by molar-refractivity contribution is 5.78. The lowest BCUT2D eigenvalue weighted by molar-refractivity contribution is -0.130. The molecule has 1 atom stereocenters. The molecule has 1 aliphatic rings. The van der Waals surface area contributed by atoms with Crippen molar-refractivity contribution < 1.29 is 14.3 Å². The topological polar surface area (TPSA) is 61.9 Å². The molecule has 1 heterocycles. The molecule has 0 saturated carbocycles. The molecule has 0 radical (unpaired) electrons. The number of hydrogen-bond donors (Lipinski definition) is 1.